The number of sulfonamides is 1. The van der Waals surface area contributed by atoms with Crippen LogP contribution in [0.1, 0.15) is 30.5 Å². The van der Waals surface area contributed by atoms with Crippen molar-refractivity contribution in [3.8, 4) is 0 Å². The van der Waals surface area contributed by atoms with Crippen molar-refractivity contribution in [2.24, 2.45) is 0 Å². The standard InChI is InChI=1S/C20H26N2O5S2/c1-5-19(16-8-12-18(13-9-16)28(3,24)25)21-20(23)14-22(29(4,26)27)17-10-6-15(2)7-11-17/h6-13,19H,5,14H2,1-4H3,(H,21,23)/t19-/m1/s1. The van der Waals surface area contributed by atoms with Gasteiger partial charge in [-0.2, -0.15) is 0 Å². The Kier molecular flexibility index (Phi) is 7.07. The Morgan fingerprint density at radius 1 is 0.966 bits per heavy atom. The minimum atomic E-state index is -3.65. The van der Waals surface area contributed by atoms with E-state index < -0.39 is 25.8 Å². The van der Waals surface area contributed by atoms with Gasteiger partial charge in [0.15, 0.2) is 9.84 Å². The van der Waals surface area contributed by atoms with Crippen LogP contribution >= 0.6 is 0 Å². The molecule has 9 heteroatoms. The van der Waals surface area contributed by atoms with E-state index in [1.54, 1.807) is 36.4 Å². The van der Waals surface area contributed by atoms with E-state index >= 15 is 0 Å². The molecule has 2 aromatic rings. The number of nitrogens with one attached hydrogen (secondary N) is 1. The first kappa shape index (κ1) is 22.9. The molecule has 2 aromatic carbocycles. The van der Waals surface area contributed by atoms with Crippen LogP contribution in [0, 0.1) is 6.92 Å². The van der Waals surface area contributed by atoms with Crippen molar-refractivity contribution in [1.29, 1.82) is 0 Å². The molecule has 0 fully saturated rings. The van der Waals surface area contributed by atoms with Gasteiger partial charge in [-0.15, -0.1) is 0 Å². The van der Waals surface area contributed by atoms with E-state index in [2.05, 4.69) is 5.32 Å². The zero-order chi connectivity index (χ0) is 21.8. The van der Waals surface area contributed by atoms with Crippen molar-refractivity contribution in [2.45, 2.75) is 31.2 Å². The van der Waals surface area contributed by atoms with Crippen molar-refractivity contribution >= 4 is 31.5 Å². The monoisotopic (exact) mass is 438 g/mol. The van der Waals surface area contributed by atoms with Crippen LogP contribution < -0.4 is 9.62 Å². The number of sulfone groups is 1. The van der Waals surface area contributed by atoms with E-state index in [9.17, 15) is 21.6 Å². The Hall–Kier alpha value is -2.39. The smallest absolute Gasteiger partial charge is 0.241 e. The number of hydrogen-bond donors (Lipinski definition) is 1. The van der Waals surface area contributed by atoms with Crippen LogP contribution in [0.15, 0.2) is 53.4 Å². The lowest BCUT2D eigenvalue weighted by molar-refractivity contribution is -0.120. The first-order valence-corrected chi connectivity index (χ1v) is 12.8. The summed E-state index contributed by atoms with van der Waals surface area (Å²) in [6.07, 6.45) is 2.75. The van der Waals surface area contributed by atoms with Gasteiger partial charge in [0.05, 0.1) is 22.9 Å². The Morgan fingerprint density at radius 2 is 1.52 bits per heavy atom. The molecule has 1 atom stereocenters. The highest BCUT2D eigenvalue weighted by molar-refractivity contribution is 7.92. The topological polar surface area (TPSA) is 101 Å². The van der Waals surface area contributed by atoms with Gasteiger partial charge in [0, 0.05) is 6.26 Å². The van der Waals surface area contributed by atoms with E-state index in [0.29, 0.717) is 12.1 Å². The largest absolute Gasteiger partial charge is 0.348 e. The fourth-order valence-electron chi connectivity index (χ4n) is 2.85. The molecule has 0 saturated carbocycles. The van der Waals surface area contributed by atoms with Gasteiger partial charge in [-0.05, 0) is 43.2 Å². The van der Waals surface area contributed by atoms with Gasteiger partial charge in [0.2, 0.25) is 15.9 Å². The van der Waals surface area contributed by atoms with Gasteiger partial charge in [0.25, 0.3) is 0 Å². The first-order valence-electron chi connectivity index (χ1n) is 9.05. The molecule has 1 amide bonds. The van der Waals surface area contributed by atoms with Crippen LogP contribution in [0.25, 0.3) is 0 Å². The number of aryl methyl sites for hydroxylation is 1. The van der Waals surface area contributed by atoms with Crippen LogP contribution in [-0.2, 0) is 24.7 Å². The highest BCUT2D eigenvalue weighted by Crippen LogP contribution is 2.21. The SMILES string of the molecule is CC[C@@H](NC(=O)CN(c1ccc(C)cc1)S(C)(=O)=O)c1ccc(S(C)(=O)=O)cc1. The number of benzene rings is 2. The van der Waals surface area contributed by atoms with E-state index in [-0.39, 0.29) is 17.5 Å². The van der Waals surface area contributed by atoms with E-state index in [0.717, 1.165) is 27.9 Å². The third-order valence-corrected chi connectivity index (χ3v) is 6.73. The van der Waals surface area contributed by atoms with Crippen molar-refractivity contribution in [1.82, 2.24) is 5.32 Å². The first-order chi connectivity index (χ1) is 13.4. The quantitative estimate of drug-likeness (QED) is 0.682. The molecule has 0 spiro atoms. The number of carbonyl (C=O) groups excluding carboxylic acids is 1. The fourth-order valence-corrected chi connectivity index (χ4v) is 4.34. The Balaban J connectivity index is 2.18. The maximum Gasteiger partial charge on any atom is 0.241 e. The van der Waals surface area contributed by atoms with Crippen molar-refractivity contribution in [3.63, 3.8) is 0 Å². The molecular formula is C20H26N2O5S2. The Morgan fingerprint density at radius 3 is 1.97 bits per heavy atom. The molecule has 2 rings (SSSR count). The molecule has 158 valence electrons. The summed E-state index contributed by atoms with van der Waals surface area (Å²) in [5.74, 6) is -0.449. The number of rotatable bonds is 8. The summed E-state index contributed by atoms with van der Waals surface area (Å²) in [5, 5.41) is 2.83. The Labute approximate surface area is 172 Å². The summed E-state index contributed by atoms with van der Waals surface area (Å²) in [7, 11) is -6.95. The molecule has 0 aliphatic heterocycles. The van der Waals surface area contributed by atoms with Crippen LogP contribution in [0.3, 0.4) is 0 Å². The number of amides is 1. The molecule has 0 unspecified atom stereocenters. The van der Waals surface area contributed by atoms with Crippen LogP contribution in [-0.4, -0.2) is 41.8 Å². The third-order valence-electron chi connectivity index (χ3n) is 4.46. The second-order valence-electron chi connectivity index (χ2n) is 6.97. The van der Waals surface area contributed by atoms with Crippen molar-refractivity contribution < 1.29 is 21.6 Å². The molecule has 0 aromatic heterocycles. The summed E-state index contributed by atoms with van der Waals surface area (Å²) in [4.78, 5) is 12.8. The lowest BCUT2D eigenvalue weighted by Gasteiger charge is -2.24. The summed E-state index contributed by atoms with van der Waals surface area (Å²) < 4.78 is 48.7. The molecule has 0 heterocycles. The average molecular weight is 439 g/mol. The minimum Gasteiger partial charge on any atom is -0.348 e. The normalized spacial score (nSPS) is 13.0. The predicted octanol–water partition coefficient (Wildman–Crippen LogP) is 2.43. The molecule has 0 aliphatic rings. The molecule has 0 radical (unpaired) electrons. The van der Waals surface area contributed by atoms with Gasteiger partial charge in [-0.3, -0.25) is 9.10 Å². The Bertz CT molecular complexity index is 1060. The second kappa shape index (κ2) is 8.96. The number of hydrogen-bond acceptors (Lipinski definition) is 5. The lowest BCUT2D eigenvalue weighted by atomic mass is 10.0. The summed E-state index contributed by atoms with van der Waals surface area (Å²) in [6.45, 7) is 3.42. The van der Waals surface area contributed by atoms with Gasteiger partial charge >= 0.3 is 0 Å². The van der Waals surface area contributed by atoms with Crippen molar-refractivity contribution in [3.05, 3.63) is 59.7 Å². The van der Waals surface area contributed by atoms with Crippen molar-refractivity contribution in [2.75, 3.05) is 23.4 Å². The molecular weight excluding hydrogens is 412 g/mol. The van der Waals surface area contributed by atoms with E-state index in [1.165, 1.54) is 12.1 Å². The molecule has 7 nitrogen and oxygen atoms in total. The van der Waals surface area contributed by atoms with Gasteiger partial charge in [-0.1, -0.05) is 36.8 Å². The summed E-state index contributed by atoms with van der Waals surface area (Å²) >= 11 is 0. The third kappa shape index (κ3) is 6.30. The van der Waals surface area contributed by atoms with E-state index in [4.69, 9.17) is 0 Å². The zero-order valence-electron chi connectivity index (χ0n) is 16.9. The average Bonchev–Trinajstić information content (AvgIpc) is 2.63. The highest BCUT2D eigenvalue weighted by Gasteiger charge is 2.22. The summed E-state index contributed by atoms with van der Waals surface area (Å²) in [5.41, 5.74) is 2.14. The minimum absolute atomic E-state index is 0.199. The number of anilines is 1. The maximum atomic E-state index is 12.6. The van der Waals surface area contributed by atoms with Crippen LogP contribution in [0.2, 0.25) is 0 Å². The van der Waals surface area contributed by atoms with Gasteiger partial charge in [-0.25, -0.2) is 16.8 Å². The van der Waals surface area contributed by atoms with E-state index in [1.807, 2.05) is 13.8 Å². The predicted molar refractivity (Wildman–Crippen MR) is 114 cm³/mol. The highest BCUT2D eigenvalue weighted by atomic mass is 32.2. The molecule has 0 saturated heterocycles. The molecule has 29 heavy (non-hydrogen) atoms. The molecule has 0 aliphatic carbocycles. The lowest BCUT2D eigenvalue weighted by Crippen LogP contribution is -2.41. The van der Waals surface area contributed by atoms with Gasteiger partial charge in [0.1, 0.15) is 6.54 Å². The maximum absolute atomic E-state index is 12.6. The van der Waals surface area contributed by atoms with Crippen LogP contribution in [0.5, 0.6) is 0 Å². The van der Waals surface area contributed by atoms with Gasteiger partial charge < -0.3 is 5.32 Å². The fraction of sp³-hybridized carbons (Fsp3) is 0.350. The van der Waals surface area contributed by atoms with Crippen LogP contribution in [0.4, 0.5) is 5.69 Å². The summed E-state index contributed by atoms with van der Waals surface area (Å²) in [6, 6.07) is 12.8. The molecule has 0 bridgehead atoms. The number of carbonyl (C=O) groups is 1. The number of nitrogens with zero attached hydrogens (tertiary/aromatic N) is 1. The zero-order valence-corrected chi connectivity index (χ0v) is 18.5. The molecule has 1 N–H and O–H groups in total. The second-order valence-corrected chi connectivity index (χ2v) is 10.9.